The van der Waals surface area contributed by atoms with Crippen LogP contribution in [-0.2, 0) is 0 Å². The molecule has 0 radical (unpaired) electrons. The summed E-state index contributed by atoms with van der Waals surface area (Å²) in [4.78, 5) is 6.61. The average molecular weight is 283 g/mol. The fourth-order valence-electron chi connectivity index (χ4n) is 2.41. The summed E-state index contributed by atoms with van der Waals surface area (Å²) in [5, 5.41) is 13.6. The molecule has 0 bridgehead atoms. The number of nitrogens with two attached hydrogens (primary N) is 1. The Hall–Kier alpha value is -2.32. The van der Waals surface area contributed by atoms with Crippen molar-refractivity contribution >= 4 is 22.4 Å². The number of likely N-dealkylation sites (N-methyl/N-ethyl adjacent to an activating group) is 1. The maximum atomic E-state index is 9.34. The molecule has 2 rings (SSSR count). The van der Waals surface area contributed by atoms with Crippen molar-refractivity contribution < 1.29 is 0 Å². The maximum absolute atomic E-state index is 9.34. The van der Waals surface area contributed by atoms with Crippen molar-refractivity contribution in [2.24, 2.45) is 0 Å². The largest absolute Gasteiger partial charge is 0.383 e. The van der Waals surface area contributed by atoms with Crippen molar-refractivity contribution in [3.63, 3.8) is 0 Å². The summed E-state index contributed by atoms with van der Waals surface area (Å²) in [6.07, 6.45) is 0. The van der Waals surface area contributed by atoms with E-state index in [1.807, 2.05) is 24.3 Å². The zero-order chi connectivity index (χ0) is 15.2. The Kier molecular flexibility index (Phi) is 4.96. The zero-order valence-corrected chi connectivity index (χ0v) is 12.6. The van der Waals surface area contributed by atoms with Crippen LogP contribution in [-0.4, -0.2) is 36.1 Å². The number of nitrogens with one attached hydrogen (secondary N) is 1. The third kappa shape index (κ3) is 3.23. The number of anilines is 2. The van der Waals surface area contributed by atoms with Gasteiger partial charge in [-0.25, -0.2) is 4.98 Å². The molecule has 0 aliphatic heterocycles. The number of nitriles is 1. The van der Waals surface area contributed by atoms with Crippen molar-refractivity contribution in [1.29, 1.82) is 5.26 Å². The zero-order valence-electron chi connectivity index (χ0n) is 12.6. The van der Waals surface area contributed by atoms with Crippen LogP contribution in [0.15, 0.2) is 24.3 Å². The van der Waals surface area contributed by atoms with E-state index in [0.717, 1.165) is 42.8 Å². The van der Waals surface area contributed by atoms with Crippen LogP contribution in [0.2, 0.25) is 0 Å². The van der Waals surface area contributed by atoms with E-state index in [4.69, 9.17) is 5.73 Å². The molecule has 0 unspecified atom stereocenters. The molecule has 0 spiro atoms. The lowest BCUT2D eigenvalue weighted by molar-refractivity contribution is 0.316. The minimum atomic E-state index is 0.279. The first-order valence-electron chi connectivity index (χ1n) is 7.25. The molecule has 5 nitrogen and oxygen atoms in total. The van der Waals surface area contributed by atoms with Crippen LogP contribution in [0.3, 0.4) is 0 Å². The van der Waals surface area contributed by atoms with Crippen LogP contribution in [0.5, 0.6) is 0 Å². The highest BCUT2D eigenvalue weighted by Crippen LogP contribution is 2.29. The van der Waals surface area contributed by atoms with Crippen molar-refractivity contribution in [1.82, 2.24) is 9.88 Å². The van der Waals surface area contributed by atoms with E-state index in [2.05, 4.69) is 35.1 Å². The highest BCUT2D eigenvalue weighted by molar-refractivity contribution is 5.96. The predicted octanol–water partition coefficient (Wildman–Crippen LogP) is 2.44. The highest BCUT2D eigenvalue weighted by atomic mass is 15.1. The van der Waals surface area contributed by atoms with Crippen LogP contribution in [0.1, 0.15) is 19.4 Å². The number of aromatic nitrogens is 1. The van der Waals surface area contributed by atoms with Gasteiger partial charge >= 0.3 is 0 Å². The van der Waals surface area contributed by atoms with Gasteiger partial charge in [0.2, 0.25) is 0 Å². The monoisotopic (exact) mass is 283 g/mol. The van der Waals surface area contributed by atoms with Gasteiger partial charge < -0.3 is 16.0 Å². The van der Waals surface area contributed by atoms with Gasteiger partial charge in [-0.15, -0.1) is 0 Å². The third-order valence-electron chi connectivity index (χ3n) is 3.66. The van der Waals surface area contributed by atoms with Gasteiger partial charge in [0.15, 0.2) is 0 Å². The molecule has 1 heterocycles. The van der Waals surface area contributed by atoms with Crippen molar-refractivity contribution in [3.05, 3.63) is 29.8 Å². The van der Waals surface area contributed by atoms with Gasteiger partial charge in [0.25, 0.3) is 0 Å². The molecule has 0 aliphatic rings. The molecule has 0 amide bonds. The van der Waals surface area contributed by atoms with Gasteiger partial charge in [-0.3, -0.25) is 0 Å². The molecule has 3 N–H and O–H groups in total. The number of rotatable bonds is 6. The Morgan fingerprint density at radius 3 is 2.67 bits per heavy atom. The second-order valence-corrected chi connectivity index (χ2v) is 4.83. The normalized spacial score (nSPS) is 10.8. The molecule has 0 fully saturated rings. The Bertz CT molecular complexity index is 656. The maximum Gasteiger partial charge on any atom is 0.144 e. The summed E-state index contributed by atoms with van der Waals surface area (Å²) in [5.41, 5.74) is 7.91. The lowest BCUT2D eigenvalue weighted by Crippen LogP contribution is -2.28. The molecular formula is C16H21N5. The van der Waals surface area contributed by atoms with E-state index in [0.29, 0.717) is 5.56 Å². The van der Waals surface area contributed by atoms with Gasteiger partial charge in [0.05, 0.1) is 11.2 Å². The summed E-state index contributed by atoms with van der Waals surface area (Å²) >= 11 is 0. The minimum absolute atomic E-state index is 0.279. The smallest absolute Gasteiger partial charge is 0.144 e. The van der Waals surface area contributed by atoms with Gasteiger partial charge in [-0.1, -0.05) is 32.0 Å². The Morgan fingerprint density at radius 1 is 1.29 bits per heavy atom. The van der Waals surface area contributed by atoms with Crippen LogP contribution in [0.4, 0.5) is 11.5 Å². The first-order valence-corrected chi connectivity index (χ1v) is 7.25. The number of nitrogen functional groups attached to an aromatic ring is 1. The van der Waals surface area contributed by atoms with Crippen LogP contribution < -0.4 is 11.1 Å². The average Bonchev–Trinajstić information content (AvgIpc) is 2.51. The topological polar surface area (TPSA) is 78.0 Å². The molecule has 0 aliphatic carbocycles. The molecule has 0 saturated carbocycles. The molecule has 0 atom stereocenters. The van der Waals surface area contributed by atoms with Crippen molar-refractivity contribution in [2.75, 3.05) is 37.2 Å². The molecule has 2 aromatic rings. The summed E-state index contributed by atoms with van der Waals surface area (Å²) < 4.78 is 0. The predicted molar refractivity (Wildman–Crippen MR) is 87.1 cm³/mol. The fourth-order valence-corrected chi connectivity index (χ4v) is 2.41. The lowest BCUT2D eigenvalue weighted by Gasteiger charge is -2.19. The minimum Gasteiger partial charge on any atom is -0.383 e. The van der Waals surface area contributed by atoms with Crippen molar-refractivity contribution in [2.45, 2.75) is 13.8 Å². The number of nitrogens with zero attached hydrogens (tertiary/aromatic N) is 3. The second-order valence-electron chi connectivity index (χ2n) is 4.83. The number of pyridine rings is 1. The van der Waals surface area contributed by atoms with E-state index < -0.39 is 0 Å². The first-order chi connectivity index (χ1) is 10.2. The van der Waals surface area contributed by atoms with Gasteiger partial charge in [-0.05, 0) is 19.2 Å². The standard InChI is InChI=1S/C16H21N5/c1-3-21(4-2)10-9-19-15-12-7-5-6-8-14(12)20-16(18)13(15)11-17/h5-8H,3-4,9-10H2,1-2H3,(H3,18,19,20). The molecule has 1 aromatic carbocycles. The number of para-hydroxylation sites is 1. The van der Waals surface area contributed by atoms with Gasteiger partial charge in [0.1, 0.15) is 17.5 Å². The van der Waals surface area contributed by atoms with Gasteiger partial charge in [0, 0.05) is 18.5 Å². The number of hydrogen-bond acceptors (Lipinski definition) is 5. The molecule has 110 valence electrons. The molecule has 1 aromatic heterocycles. The van der Waals surface area contributed by atoms with Crippen LogP contribution in [0, 0.1) is 11.3 Å². The summed E-state index contributed by atoms with van der Waals surface area (Å²) in [6, 6.07) is 9.88. The Balaban J connectivity index is 2.31. The fraction of sp³-hybridized carbons (Fsp3) is 0.375. The number of hydrogen-bond donors (Lipinski definition) is 2. The lowest BCUT2D eigenvalue weighted by atomic mass is 10.1. The van der Waals surface area contributed by atoms with Crippen LogP contribution in [0.25, 0.3) is 10.9 Å². The van der Waals surface area contributed by atoms with Crippen molar-refractivity contribution in [3.8, 4) is 6.07 Å². The Morgan fingerprint density at radius 2 is 2.00 bits per heavy atom. The number of fused-ring (bicyclic) bond motifs is 1. The summed E-state index contributed by atoms with van der Waals surface area (Å²) in [7, 11) is 0. The number of benzene rings is 1. The molecule has 5 heteroatoms. The van der Waals surface area contributed by atoms with Gasteiger partial charge in [-0.2, -0.15) is 5.26 Å². The Labute approximate surface area is 125 Å². The SMILES string of the molecule is CCN(CC)CCNc1c(C#N)c(N)nc2ccccc12. The summed E-state index contributed by atoms with van der Waals surface area (Å²) in [6.45, 7) is 8.01. The first kappa shape index (κ1) is 15.1. The summed E-state index contributed by atoms with van der Waals surface area (Å²) in [5.74, 6) is 0.279. The second kappa shape index (κ2) is 6.91. The van der Waals surface area contributed by atoms with E-state index in [-0.39, 0.29) is 5.82 Å². The van der Waals surface area contributed by atoms with E-state index in [9.17, 15) is 5.26 Å². The van der Waals surface area contributed by atoms with E-state index in [1.54, 1.807) is 0 Å². The van der Waals surface area contributed by atoms with Crippen LogP contribution >= 0.6 is 0 Å². The molecular weight excluding hydrogens is 262 g/mol. The van der Waals surface area contributed by atoms with E-state index >= 15 is 0 Å². The third-order valence-corrected chi connectivity index (χ3v) is 3.66. The molecule has 21 heavy (non-hydrogen) atoms. The quantitative estimate of drug-likeness (QED) is 0.851. The highest BCUT2D eigenvalue weighted by Gasteiger charge is 2.12. The van der Waals surface area contributed by atoms with E-state index in [1.165, 1.54) is 0 Å². The molecule has 0 saturated heterocycles.